The number of halogens is 1. The number of carbonyl (C=O) groups excluding carboxylic acids is 1. The summed E-state index contributed by atoms with van der Waals surface area (Å²) in [6.45, 7) is 3.22. The van der Waals surface area contributed by atoms with Crippen molar-refractivity contribution in [1.29, 1.82) is 0 Å². The second-order valence-electron chi connectivity index (χ2n) is 7.48. The van der Waals surface area contributed by atoms with Crippen LogP contribution in [0.2, 0.25) is 0 Å². The summed E-state index contributed by atoms with van der Waals surface area (Å²) in [7, 11) is 0. The molecule has 2 heterocycles. The van der Waals surface area contributed by atoms with Crippen molar-refractivity contribution in [2.75, 3.05) is 31.1 Å². The number of aryl methyl sites for hydroxylation is 1. The Labute approximate surface area is 175 Å². The molecule has 0 aliphatic carbocycles. The number of amides is 1. The van der Waals surface area contributed by atoms with Crippen LogP contribution in [-0.4, -0.2) is 42.0 Å². The van der Waals surface area contributed by atoms with E-state index in [0.29, 0.717) is 6.42 Å². The van der Waals surface area contributed by atoms with Crippen molar-refractivity contribution in [3.8, 4) is 0 Å². The molecule has 2 aromatic carbocycles. The molecule has 6 heteroatoms. The van der Waals surface area contributed by atoms with Gasteiger partial charge in [0.05, 0.1) is 15.2 Å². The van der Waals surface area contributed by atoms with E-state index in [1.165, 1.54) is 16.8 Å². The number of carbonyl (C=O) groups is 1. The number of anilines is 1. The maximum atomic E-state index is 13.1. The maximum absolute atomic E-state index is 13.1. The number of benzene rings is 2. The number of unbranched alkanes of at least 4 members (excludes halogenated alkanes) is 1. The second-order valence-corrected chi connectivity index (χ2v) is 8.60. The van der Waals surface area contributed by atoms with Crippen LogP contribution >= 0.6 is 11.3 Å². The molecular formula is C23H26FN3OS. The number of para-hydroxylation sites is 1. The van der Waals surface area contributed by atoms with Crippen LogP contribution in [-0.2, 0) is 11.2 Å². The molecule has 0 spiro atoms. The Kier molecular flexibility index (Phi) is 6.39. The smallest absolute Gasteiger partial charge is 0.222 e. The lowest BCUT2D eigenvalue weighted by molar-refractivity contribution is -0.131. The molecule has 1 aliphatic heterocycles. The Hall–Kier alpha value is -2.47. The van der Waals surface area contributed by atoms with Crippen molar-refractivity contribution in [1.82, 2.24) is 9.88 Å². The fourth-order valence-electron chi connectivity index (χ4n) is 3.81. The van der Waals surface area contributed by atoms with Gasteiger partial charge in [0.15, 0.2) is 0 Å². The molecule has 1 fully saturated rings. The summed E-state index contributed by atoms with van der Waals surface area (Å²) in [4.78, 5) is 21.5. The largest absolute Gasteiger partial charge is 0.370 e. The Morgan fingerprint density at radius 1 is 1.00 bits per heavy atom. The van der Waals surface area contributed by atoms with Crippen LogP contribution in [0.3, 0.4) is 0 Å². The highest BCUT2D eigenvalue weighted by Crippen LogP contribution is 2.23. The van der Waals surface area contributed by atoms with E-state index in [1.807, 2.05) is 35.2 Å². The molecule has 152 valence electrons. The molecule has 4 nitrogen and oxygen atoms in total. The first-order valence-corrected chi connectivity index (χ1v) is 11.1. The number of nitrogens with zero attached hydrogens (tertiary/aromatic N) is 3. The zero-order chi connectivity index (χ0) is 20.1. The summed E-state index contributed by atoms with van der Waals surface area (Å²) in [6, 6.07) is 14.8. The van der Waals surface area contributed by atoms with Crippen molar-refractivity contribution < 1.29 is 9.18 Å². The molecule has 0 atom stereocenters. The van der Waals surface area contributed by atoms with Crippen molar-refractivity contribution in [3.05, 3.63) is 59.4 Å². The standard InChI is InChI=1S/C23H26FN3OS/c24-18-10-12-19(13-11-18)26-14-5-15-27(17-16-26)23(28)9-4-3-8-22-25-20-6-1-2-7-21(20)29-22/h1-2,6-7,10-13H,3-5,8-9,14-17H2. The molecule has 0 unspecified atom stereocenters. The Morgan fingerprint density at radius 3 is 2.66 bits per heavy atom. The Morgan fingerprint density at radius 2 is 1.83 bits per heavy atom. The van der Waals surface area contributed by atoms with Gasteiger partial charge in [-0.15, -0.1) is 11.3 Å². The molecule has 4 rings (SSSR count). The van der Waals surface area contributed by atoms with Crippen LogP contribution in [0.4, 0.5) is 10.1 Å². The monoisotopic (exact) mass is 411 g/mol. The average Bonchev–Trinajstić information content (AvgIpc) is 2.99. The number of hydrogen-bond donors (Lipinski definition) is 0. The predicted octanol–water partition coefficient (Wildman–Crippen LogP) is 4.89. The quantitative estimate of drug-likeness (QED) is 0.542. The minimum Gasteiger partial charge on any atom is -0.370 e. The summed E-state index contributed by atoms with van der Waals surface area (Å²) < 4.78 is 14.4. The van der Waals surface area contributed by atoms with E-state index in [4.69, 9.17) is 0 Å². The van der Waals surface area contributed by atoms with Crippen LogP contribution in [0.25, 0.3) is 10.2 Å². The average molecular weight is 412 g/mol. The minimum atomic E-state index is -0.216. The van der Waals surface area contributed by atoms with E-state index < -0.39 is 0 Å². The van der Waals surface area contributed by atoms with Crippen LogP contribution in [0.1, 0.15) is 30.7 Å². The molecule has 29 heavy (non-hydrogen) atoms. The van der Waals surface area contributed by atoms with Gasteiger partial charge in [-0.2, -0.15) is 0 Å². The SMILES string of the molecule is O=C(CCCCc1nc2ccccc2s1)N1CCCN(c2ccc(F)cc2)CC1. The van der Waals surface area contributed by atoms with Gasteiger partial charge in [0.25, 0.3) is 0 Å². The van der Waals surface area contributed by atoms with E-state index >= 15 is 0 Å². The first-order valence-electron chi connectivity index (χ1n) is 10.3. The van der Waals surface area contributed by atoms with Gasteiger partial charge in [0.2, 0.25) is 5.91 Å². The lowest BCUT2D eigenvalue weighted by Gasteiger charge is -2.23. The van der Waals surface area contributed by atoms with Gasteiger partial charge in [-0.3, -0.25) is 4.79 Å². The van der Waals surface area contributed by atoms with Crippen molar-refractivity contribution in [2.24, 2.45) is 0 Å². The van der Waals surface area contributed by atoms with Crippen LogP contribution < -0.4 is 4.90 Å². The normalized spacial score (nSPS) is 14.9. The molecule has 1 aliphatic rings. The third-order valence-electron chi connectivity index (χ3n) is 5.41. The van der Waals surface area contributed by atoms with Gasteiger partial charge in [-0.1, -0.05) is 12.1 Å². The highest BCUT2D eigenvalue weighted by atomic mass is 32.1. The molecular weight excluding hydrogens is 385 g/mol. The molecule has 0 radical (unpaired) electrons. The van der Waals surface area contributed by atoms with Gasteiger partial charge in [-0.25, -0.2) is 9.37 Å². The van der Waals surface area contributed by atoms with Crippen LogP contribution in [0.15, 0.2) is 48.5 Å². The predicted molar refractivity (Wildman–Crippen MR) is 117 cm³/mol. The van der Waals surface area contributed by atoms with Crippen molar-refractivity contribution in [3.63, 3.8) is 0 Å². The van der Waals surface area contributed by atoms with E-state index in [0.717, 1.165) is 68.1 Å². The Bertz CT molecular complexity index is 923. The highest BCUT2D eigenvalue weighted by molar-refractivity contribution is 7.18. The number of thiazole rings is 1. The zero-order valence-electron chi connectivity index (χ0n) is 16.5. The van der Waals surface area contributed by atoms with E-state index in [-0.39, 0.29) is 11.7 Å². The highest BCUT2D eigenvalue weighted by Gasteiger charge is 2.19. The maximum Gasteiger partial charge on any atom is 0.222 e. The van der Waals surface area contributed by atoms with Gasteiger partial charge < -0.3 is 9.80 Å². The lowest BCUT2D eigenvalue weighted by Crippen LogP contribution is -2.35. The molecule has 1 aromatic heterocycles. The van der Waals surface area contributed by atoms with Gasteiger partial charge in [-0.05, 0) is 62.1 Å². The summed E-state index contributed by atoms with van der Waals surface area (Å²) in [5, 5.41) is 1.16. The summed E-state index contributed by atoms with van der Waals surface area (Å²) in [6.07, 6.45) is 4.36. The molecule has 1 saturated heterocycles. The van der Waals surface area contributed by atoms with E-state index in [9.17, 15) is 9.18 Å². The van der Waals surface area contributed by atoms with E-state index in [1.54, 1.807) is 11.3 Å². The summed E-state index contributed by atoms with van der Waals surface area (Å²) in [5.41, 5.74) is 2.09. The lowest BCUT2D eigenvalue weighted by atomic mass is 10.2. The first-order chi connectivity index (χ1) is 14.2. The summed E-state index contributed by atoms with van der Waals surface area (Å²) in [5.74, 6) is 0.0291. The van der Waals surface area contributed by atoms with E-state index in [2.05, 4.69) is 16.0 Å². The number of hydrogen-bond acceptors (Lipinski definition) is 4. The molecule has 3 aromatic rings. The van der Waals surface area contributed by atoms with Gasteiger partial charge >= 0.3 is 0 Å². The third-order valence-corrected chi connectivity index (χ3v) is 6.51. The zero-order valence-corrected chi connectivity index (χ0v) is 17.3. The van der Waals surface area contributed by atoms with Crippen LogP contribution in [0.5, 0.6) is 0 Å². The fraction of sp³-hybridized carbons (Fsp3) is 0.391. The van der Waals surface area contributed by atoms with Crippen molar-refractivity contribution in [2.45, 2.75) is 32.1 Å². The van der Waals surface area contributed by atoms with Gasteiger partial charge in [0.1, 0.15) is 5.82 Å². The fourth-order valence-corrected chi connectivity index (χ4v) is 4.82. The number of fused-ring (bicyclic) bond motifs is 1. The number of aromatic nitrogens is 1. The Balaban J connectivity index is 1.22. The van der Waals surface area contributed by atoms with Crippen LogP contribution in [0, 0.1) is 5.82 Å². The molecule has 0 saturated carbocycles. The van der Waals surface area contributed by atoms with Gasteiger partial charge in [0, 0.05) is 38.3 Å². The second kappa shape index (κ2) is 9.35. The number of rotatable bonds is 6. The molecule has 0 bridgehead atoms. The van der Waals surface area contributed by atoms with Crippen molar-refractivity contribution >= 4 is 33.1 Å². The topological polar surface area (TPSA) is 36.4 Å². The molecule has 1 amide bonds. The first kappa shape index (κ1) is 19.8. The molecule has 0 N–H and O–H groups in total. The third kappa shape index (κ3) is 5.12. The summed E-state index contributed by atoms with van der Waals surface area (Å²) >= 11 is 1.75. The minimum absolute atomic E-state index is 0.216.